The van der Waals surface area contributed by atoms with Gasteiger partial charge in [-0.05, 0) is 32.3 Å². The maximum absolute atomic E-state index is 12.3. The molecule has 4 nitrogen and oxygen atoms in total. The summed E-state index contributed by atoms with van der Waals surface area (Å²) in [6.45, 7) is 4.14. The SMILES string of the molecule is C[C@@]12CCC[C@@]3(C)[C@H](c4ccoc4)OC(=O)[C@@]13O2. The number of carbonyl (C=O) groups is 1. The average molecular weight is 248 g/mol. The Labute approximate surface area is 105 Å². The summed E-state index contributed by atoms with van der Waals surface area (Å²) in [7, 11) is 0. The van der Waals surface area contributed by atoms with Crippen LogP contribution in [0, 0.1) is 5.41 Å². The van der Waals surface area contributed by atoms with E-state index >= 15 is 0 Å². The minimum absolute atomic E-state index is 0.196. The molecular formula is C14H16O4. The Morgan fingerprint density at radius 1 is 1.33 bits per heavy atom. The van der Waals surface area contributed by atoms with Crippen molar-refractivity contribution in [1.82, 2.24) is 0 Å². The van der Waals surface area contributed by atoms with Gasteiger partial charge >= 0.3 is 5.97 Å². The Morgan fingerprint density at radius 3 is 2.89 bits per heavy atom. The van der Waals surface area contributed by atoms with E-state index in [2.05, 4.69) is 6.92 Å². The first kappa shape index (κ1) is 10.6. The van der Waals surface area contributed by atoms with Crippen molar-refractivity contribution in [3.63, 3.8) is 0 Å². The van der Waals surface area contributed by atoms with E-state index < -0.39 is 5.60 Å². The van der Waals surface area contributed by atoms with Crippen LogP contribution < -0.4 is 0 Å². The smallest absolute Gasteiger partial charge is 0.342 e. The lowest BCUT2D eigenvalue weighted by Crippen LogP contribution is -2.46. The molecule has 1 aromatic heterocycles. The van der Waals surface area contributed by atoms with Crippen LogP contribution in [0.1, 0.15) is 44.8 Å². The Hall–Kier alpha value is -1.29. The van der Waals surface area contributed by atoms with Crippen LogP contribution >= 0.6 is 0 Å². The van der Waals surface area contributed by atoms with Crippen molar-refractivity contribution in [3.05, 3.63) is 24.2 Å². The fraction of sp³-hybridized carbons (Fsp3) is 0.643. The van der Waals surface area contributed by atoms with Gasteiger partial charge in [-0.3, -0.25) is 0 Å². The molecule has 2 aliphatic heterocycles. The number of hydrogen-bond acceptors (Lipinski definition) is 4. The molecule has 4 atom stereocenters. The normalized spacial score (nSPS) is 49.4. The van der Waals surface area contributed by atoms with Crippen LogP contribution in [-0.2, 0) is 14.3 Å². The molecule has 0 amide bonds. The van der Waals surface area contributed by atoms with Gasteiger partial charge in [0.15, 0.2) is 0 Å². The highest BCUT2D eigenvalue weighted by atomic mass is 16.7. The number of cyclic esters (lactones) is 1. The van der Waals surface area contributed by atoms with Crippen molar-refractivity contribution >= 4 is 5.97 Å². The summed E-state index contributed by atoms with van der Waals surface area (Å²) in [5.74, 6) is -0.196. The van der Waals surface area contributed by atoms with Crippen molar-refractivity contribution < 1.29 is 18.7 Å². The van der Waals surface area contributed by atoms with E-state index in [1.165, 1.54) is 0 Å². The lowest BCUT2D eigenvalue weighted by Gasteiger charge is -2.35. The molecule has 1 spiro atoms. The van der Waals surface area contributed by atoms with Gasteiger partial charge in [-0.25, -0.2) is 4.79 Å². The van der Waals surface area contributed by atoms with E-state index in [1.807, 2.05) is 13.0 Å². The highest BCUT2D eigenvalue weighted by Crippen LogP contribution is 2.73. The quantitative estimate of drug-likeness (QED) is 0.566. The van der Waals surface area contributed by atoms with Gasteiger partial charge in [-0.1, -0.05) is 6.92 Å². The van der Waals surface area contributed by atoms with E-state index in [0.717, 1.165) is 24.8 Å². The zero-order chi connectivity index (χ0) is 12.6. The number of furan rings is 1. The van der Waals surface area contributed by atoms with Crippen molar-refractivity contribution in [2.24, 2.45) is 5.41 Å². The number of ether oxygens (including phenoxy) is 2. The molecule has 3 fully saturated rings. The largest absolute Gasteiger partial charge is 0.472 e. The van der Waals surface area contributed by atoms with E-state index in [-0.39, 0.29) is 23.1 Å². The Morgan fingerprint density at radius 2 is 2.17 bits per heavy atom. The van der Waals surface area contributed by atoms with Crippen molar-refractivity contribution in [1.29, 1.82) is 0 Å². The van der Waals surface area contributed by atoms with Crippen molar-refractivity contribution in [2.45, 2.75) is 50.4 Å². The molecule has 1 aliphatic carbocycles. The lowest BCUT2D eigenvalue weighted by atomic mass is 9.61. The zero-order valence-corrected chi connectivity index (χ0v) is 10.6. The molecule has 3 heterocycles. The Bertz CT molecular complexity index is 522. The first-order chi connectivity index (χ1) is 8.54. The van der Waals surface area contributed by atoms with Gasteiger partial charge < -0.3 is 13.9 Å². The van der Waals surface area contributed by atoms with Gasteiger partial charge in [-0.2, -0.15) is 0 Å². The molecule has 0 radical (unpaired) electrons. The molecule has 0 N–H and O–H groups in total. The van der Waals surface area contributed by atoms with Crippen LogP contribution in [0.5, 0.6) is 0 Å². The molecule has 0 unspecified atom stereocenters. The second kappa shape index (κ2) is 2.82. The topological polar surface area (TPSA) is 52.0 Å². The predicted octanol–water partition coefficient (Wildman–Crippen LogP) is 2.60. The van der Waals surface area contributed by atoms with Crippen LogP contribution in [0.2, 0.25) is 0 Å². The minimum Gasteiger partial charge on any atom is -0.472 e. The first-order valence-corrected chi connectivity index (χ1v) is 6.47. The van der Waals surface area contributed by atoms with Crippen LogP contribution in [0.4, 0.5) is 0 Å². The molecule has 3 aliphatic rings. The lowest BCUT2D eigenvalue weighted by molar-refractivity contribution is -0.145. The second-order valence-electron chi connectivity index (χ2n) is 6.13. The number of rotatable bonds is 1. The molecule has 0 aromatic carbocycles. The first-order valence-electron chi connectivity index (χ1n) is 6.47. The third kappa shape index (κ3) is 0.891. The maximum atomic E-state index is 12.3. The highest BCUT2D eigenvalue weighted by molar-refractivity contribution is 5.89. The number of epoxide rings is 1. The fourth-order valence-electron chi connectivity index (χ4n) is 4.22. The minimum atomic E-state index is -0.722. The summed E-state index contributed by atoms with van der Waals surface area (Å²) in [5, 5.41) is 0. The molecule has 0 bridgehead atoms. The molecule has 96 valence electrons. The van der Waals surface area contributed by atoms with Crippen LogP contribution in [-0.4, -0.2) is 17.2 Å². The highest BCUT2D eigenvalue weighted by Gasteiger charge is 2.86. The second-order valence-corrected chi connectivity index (χ2v) is 6.13. The van der Waals surface area contributed by atoms with Gasteiger partial charge in [0.2, 0.25) is 5.60 Å². The van der Waals surface area contributed by atoms with E-state index in [4.69, 9.17) is 13.9 Å². The summed E-state index contributed by atoms with van der Waals surface area (Å²) < 4.78 is 16.7. The molecular weight excluding hydrogens is 232 g/mol. The molecule has 1 saturated carbocycles. The van der Waals surface area contributed by atoms with Gasteiger partial charge in [0.05, 0.1) is 17.9 Å². The molecule has 1 aromatic rings. The molecule has 2 saturated heterocycles. The number of hydrogen-bond donors (Lipinski definition) is 0. The van der Waals surface area contributed by atoms with Gasteiger partial charge in [0, 0.05) is 5.56 Å². The van der Waals surface area contributed by atoms with Gasteiger partial charge in [-0.15, -0.1) is 0 Å². The van der Waals surface area contributed by atoms with Crippen LogP contribution in [0.15, 0.2) is 23.0 Å². The predicted molar refractivity (Wildman–Crippen MR) is 61.7 cm³/mol. The zero-order valence-electron chi connectivity index (χ0n) is 10.6. The molecule has 4 rings (SSSR count). The fourth-order valence-corrected chi connectivity index (χ4v) is 4.22. The van der Waals surface area contributed by atoms with Gasteiger partial charge in [0.1, 0.15) is 11.7 Å². The Balaban J connectivity index is 1.84. The van der Waals surface area contributed by atoms with E-state index in [1.54, 1.807) is 12.5 Å². The Kier molecular flexibility index (Phi) is 1.66. The number of esters is 1. The van der Waals surface area contributed by atoms with Crippen molar-refractivity contribution in [2.75, 3.05) is 0 Å². The summed E-state index contributed by atoms with van der Waals surface area (Å²) in [4.78, 5) is 12.3. The summed E-state index contributed by atoms with van der Waals surface area (Å²) in [6, 6.07) is 1.87. The standard InChI is InChI=1S/C14H16O4/c1-12-5-3-6-13(2)14(12,18-13)11(15)17-10(12)9-4-7-16-8-9/h4,7-8,10H,3,5-6H2,1-2H3/t10-,12-,13+,14-/m0/s1. The summed E-state index contributed by atoms with van der Waals surface area (Å²) >= 11 is 0. The molecule has 18 heavy (non-hydrogen) atoms. The van der Waals surface area contributed by atoms with Crippen molar-refractivity contribution in [3.8, 4) is 0 Å². The monoisotopic (exact) mass is 248 g/mol. The van der Waals surface area contributed by atoms with E-state index in [0.29, 0.717) is 0 Å². The maximum Gasteiger partial charge on any atom is 0.342 e. The van der Waals surface area contributed by atoms with Crippen LogP contribution in [0.25, 0.3) is 0 Å². The van der Waals surface area contributed by atoms with E-state index in [9.17, 15) is 4.79 Å². The third-order valence-electron chi connectivity index (χ3n) is 5.17. The summed E-state index contributed by atoms with van der Waals surface area (Å²) in [6.07, 6.45) is 6.00. The number of carbonyl (C=O) groups excluding carboxylic acids is 1. The average Bonchev–Trinajstić information content (AvgIpc) is 2.68. The summed E-state index contributed by atoms with van der Waals surface area (Å²) in [5.41, 5.74) is -0.390. The molecule has 4 heteroatoms. The van der Waals surface area contributed by atoms with Gasteiger partial charge in [0.25, 0.3) is 0 Å². The third-order valence-corrected chi connectivity index (χ3v) is 5.17. The van der Waals surface area contributed by atoms with Crippen LogP contribution in [0.3, 0.4) is 0 Å².